The van der Waals surface area contributed by atoms with Crippen molar-refractivity contribution < 1.29 is 12.8 Å². The molecule has 0 aliphatic heterocycles. The molecule has 2 rings (SSSR count). The van der Waals surface area contributed by atoms with E-state index in [1.165, 1.54) is 43.6 Å². The summed E-state index contributed by atoms with van der Waals surface area (Å²) in [6.07, 6.45) is 1.46. The molecule has 20 heavy (non-hydrogen) atoms. The zero-order valence-electron chi connectivity index (χ0n) is 10.8. The van der Waals surface area contributed by atoms with E-state index in [1.807, 2.05) is 0 Å². The topological polar surface area (TPSA) is 76.3 Å². The van der Waals surface area contributed by atoms with Crippen LogP contribution in [0.2, 0.25) is 0 Å². The minimum Gasteiger partial charge on any atom is -0.325 e. The van der Waals surface area contributed by atoms with E-state index in [4.69, 9.17) is 5.73 Å². The van der Waals surface area contributed by atoms with Crippen molar-refractivity contribution in [3.8, 4) is 0 Å². The van der Waals surface area contributed by atoms with E-state index in [0.717, 1.165) is 4.31 Å². The van der Waals surface area contributed by atoms with E-state index < -0.39 is 15.8 Å². The summed E-state index contributed by atoms with van der Waals surface area (Å²) in [5, 5.41) is 0. The van der Waals surface area contributed by atoms with Crippen LogP contribution in [0.25, 0.3) is 0 Å². The Labute approximate surface area is 116 Å². The van der Waals surface area contributed by atoms with E-state index in [1.54, 1.807) is 6.07 Å². The van der Waals surface area contributed by atoms with Crippen LogP contribution in [0.1, 0.15) is 5.69 Å². The van der Waals surface area contributed by atoms with Gasteiger partial charge >= 0.3 is 0 Å². The lowest BCUT2D eigenvalue weighted by Gasteiger charge is -2.21. The first kappa shape index (κ1) is 14.4. The number of para-hydroxylation sites is 1. The van der Waals surface area contributed by atoms with Crippen LogP contribution < -0.4 is 10.0 Å². The van der Waals surface area contributed by atoms with E-state index in [0.29, 0.717) is 0 Å². The third-order valence-corrected chi connectivity index (χ3v) is 4.72. The molecule has 0 bridgehead atoms. The minimum atomic E-state index is -3.91. The van der Waals surface area contributed by atoms with Gasteiger partial charge < -0.3 is 5.73 Å². The van der Waals surface area contributed by atoms with Crippen molar-refractivity contribution in [1.29, 1.82) is 0 Å². The van der Waals surface area contributed by atoms with Gasteiger partial charge in [0.05, 0.1) is 11.4 Å². The summed E-state index contributed by atoms with van der Waals surface area (Å²) in [4.78, 5) is 3.92. The van der Waals surface area contributed by atoms with Crippen LogP contribution in [0.4, 0.5) is 10.1 Å². The first-order valence-corrected chi connectivity index (χ1v) is 7.30. The lowest BCUT2D eigenvalue weighted by molar-refractivity contribution is 0.588. The zero-order chi connectivity index (χ0) is 14.8. The van der Waals surface area contributed by atoms with Gasteiger partial charge in [0.1, 0.15) is 10.7 Å². The molecule has 7 heteroatoms. The van der Waals surface area contributed by atoms with Gasteiger partial charge in [0, 0.05) is 19.8 Å². The molecule has 1 aromatic carbocycles. The molecule has 0 amide bonds. The molecular weight excluding hydrogens is 281 g/mol. The molecule has 1 heterocycles. The first-order valence-electron chi connectivity index (χ1n) is 5.86. The van der Waals surface area contributed by atoms with Gasteiger partial charge in [-0.15, -0.1) is 0 Å². The summed E-state index contributed by atoms with van der Waals surface area (Å²) in [5.74, 6) is -0.614. The number of nitrogens with zero attached hydrogens (tertiary/aromatic N) is 2. The molecule has 0 saturated heterocycles. The summed E-state index contributed by atoms with van der Waals surface area (Å²) >= 11 is 0. The molecule has 5 nitrogen and oxygen atoms in total. The quantitative estimate of drug-likeness (QED) is 0.927. The Bertz CT molecular complexity index is 719. The van der Waals surface area contributed by atoms with Crippen LogP contribution in [0.3, 0.4) is 0 Å². The number of sulfonamides is 1. The predicted molar refractivity (Wildman–Crippen MR) is 74.1 cm³/mol. The summed E-state index contributed by atoms with van der Waals surface area (Å²) in [6, 6.07) is 8.56. The number of hydrogen-bond donors (Lipinski definition) is 1. The molecule has 0 spiro atoms. The van der Waals surface area contributed by atoms with Crippen LogP contribution >= 0.6 is 0 Å². The van der Waals surface area contributed by atoms with E-state index in [-0.39, 0.29) is 22.8 Å². The Morgan fingerprint density at radius 2 is 1.95 bits per heavy atom. The highest BCUT2D eigenvalue weighted by atomic mass is 32.2. The van der Waals surface area contributed by atoms with Crippen molar-refractivity contribution in [3.05, 3.63) is 54.1 Å². The van der Waals surface area contributed by atoms with Gasteiger partial charge in [-0.3, -0.25) is 9.29 Å². The molecule has 2 N–H and O–H groups in total. The maximum Gasteiger partial charge on any atom is 0.266 e. The second-order valence-corrected chi connectivity index (χ2v) is 6.01. The van der Waals surface area contributed by atoms with Crippen molar-refractivity contribution >= 4 is 15.7 Å². The van der Waals surface area contributed by atoms with E-state index >= 15 is 0 Å². The summed E-state index contributed by atoms with van der Waals surface area (Å²) in [5.41, 5.74) is 5.71. The van der Waals surface area contributed by atoms with Crippen LogP contribution in [-0.2, 0) is 16.6 Å². The molecule has 0 aliphatic rings. The van der Waals surface area contributed by atoms with Crippen LogP contribution in [0, 0.1) is 5.82 Å². The van der Waals surface area contributed by atoms with Gasteiger partial charge in [0.25, 0.3) is 10.0 Å². The number of nitrogens with two attached hydrogens (primary N) is 1. The average molecular weight is 295 g/mol. The molecular formula is C13H14FN3O2S. The van der Waals surface area contributed by atoms with Crippen LogP contribution in [0.15, 0.2) is 47.5 Å². The monoisotopic (exact) mass is 295 g/mol. The van der Waals surface area contributed by atoms with Crippen LogP contribution in [0.5, 0.6) is 0 Å². The van der Waals surface area contributed by atoms with Gasteiger partial charge in [0.2, 0.25) is 0 Å². The van der Waals surface area contributed by atoms with Crippen molar-refractivity contribution in [1.82, 2.24) is 4.98 Å². The van der Waals surface area contributed by atoms with Crippen molar-refractivity contribution in [2.24, 2.45) is 5.73 Å². The summed E-state index contributed by atoms with van der Waals surface area (Å²) < 4.78 is 39.7. The zero-order valence-corrected chi connectivity index (χ0v) is 11.6. The normalized spacial score (nSPS) is 11.3. The highest BCUT2D eigenvalue weighted by Crippen LogP contribution is 2.25. The number of pyridine rings is 1. The fraction of sp³-hybridized carbons (Fsp3) is 0.154. The molecule has 0 aliphatic carbocycles. The smallest absolute Gasteiger partial charge is 0.266 e. The molecule has 2 aromatic rings. The van der Waals surface area contributed by atoms with E-state index in [2.05, 4.69) is 4.98 Å². The molecule has 0 saturated carbocycles. The number of anilines is 1. The average Bonchev–Trinajstić information content (AvgIpc) is 2.47. The lowest BCUT2D eigenvalue weighted by Crippen LogP contribution is -2.28. The van der Waals surface area contributed by atoms with Gasteiger partial charge in [-0.1, -0.05) is 12.1 Å². The minimum absolute atomic E-state index is 0.0134. The van der Waals surface area contributed by atoms with Gasteiger partial charge in [-0.25, -0.2) is 12.8 Å². The van der Waals surface area contributed by atoms with Crippen molar-refractivity contribution in [3.63, 3.8) is 0 Å². The van der Waals surface area contributed by atoms with Gasteiger partial charge in [-0.2, -0.15) is 0 Å². The molecule has 0 fully saturated rings. The number of hydrogen-bond acceptors (Lipinski definition) is 4. The third kappa shape index (κ3) is 2.50. The highest BCUT2D eigenvalue weighted by molar-refractivity contribution is 7.92. The third-order valence-electron chi connectivity index (χ3n) is 2.87. The number of rotatable bonds is 4. The highest BCUT2D eigenvalue weighted by Gasteiger charge is 2.26. The Morgan fingerprint density at radius 3 is 2.60 bits per heavy atom. The lowest BCUT2D eigenvalue weighted by atomic mass is 10.3. The second kappa shape index (κ2) is 5.56. The van der Waals surface area contributed by atoms with Gasteiger partial charge in [0.15, 0.2) is 0 Å². The fourth-order valence-corrected chi connectivity index (χ4v) is 3.18. The molecule has 0 atom stereocenters. The Kier molecular flexibility index (Phi) is 4.01. The molecule has 1 aromatic heterocycles. The number of aromatic nitrogens is 1. The largest absolute Gasteiger partial charge is 0.325 e. The predicted octanol–water partition coefficient (Wildman–Crippen LogP) is 1.50. The second-order valence-electron chi connectivity index (χ2n) is 4.08. The summed E-state index contributed by atoms with van der Waals surface area (Å²) in [6.45, 7) is -0.0134. The van der Waals surface area contributed by atoms with Crippen molar-refractivity contribution in [2.45, 2.75) is 11.4 Å². The maximum atomic E-state index is 13.7. The fourth-order valence-electron chi connectivity index (χ4n) is 1.80. The van der Waals surface area contributed by atoms with E-state index in [9.17, 15) is 12.8 Å². The SMILES string of the molecule is CN(c1ccccc1F)S(=O)(=O)c1cccnc1CN. The Balaban J connectivity index is 2.53. The Morgan fingerprint density at radius 1 is 1.25 bits per heavy atom. The maximum absolute atomic E-state index is 13.7. The molecule has 0 radical (unpaired) electrons. The van der Waals surface area contributed by atoms with Crippen molar-refractivity contribution in [2.75, 3.05) is 11.4 Å². The Hall–Kier alpha value is -1.99. The summed E-state index contributed by atoms with van der Waals surface area (Å²) in [7, 11) is -2.61. The number of halogens is 1. The number of benzene rings is 1. The van der Waals surface area contributed by atoms with Crippen LogP contribution in [-0.4, -0.2) is 20.4 Å². The van der Waals surface area contributed by atoms with Gasteiger partial charge in [-0.05, 0) is 24.3 Å². The molecule has 0 unspecified atom stereocenters. The molecule has 106 valence electrons. The standard InChI is InChI=1S/C13H14FN3O2S/c1-17(12-6-3-2-5-10(12)14)20(18,19)13-7-4-8-16-11(13)9-15/h2-8H,9,15H2,1H3. The first-order chi connectivity index (χ1) is 9.48.